The van der Waals surface area contributed by atoms with Gasteiger partial charge in [0, 0.05) is 60.2 Å². The monoisotopic (exact) mass is 773 g/mol. The number of ether oxygens (including phenoxy) is 4. The van der Waals surface area contributed by atoms with E-state index in [0.29, 0.717) is 58.3 Å². The van der Waals surface area contributed by atoms with Crippen LogP contribution in [0.5, 0.6) is 23.0 Å². The van der Waals surface area contributed by atoms with Crippen LogP contribution in [-0.4, -0.2) is 74.7 Å². The highest BCUT2D eigenvalue weighted by Gasteiger charge is 2.22. The zero-order chi connectivity index (χ0) is 40.5. The van der Waals surface area contributed by atoms with Gasteiger partial charge in [0.25, 0.3) is 0 Å². The zero-order valence-electron chi connectivity index (χ0n) is 33.3. The van der Waals surface area contributed by atoms with Gasteiger partial charge in [-0.05, 0) is 65.9 Å². The Kier molecular flexibility index (Phi) is 13.1. The van der Waals surface area contributed by atoms with Crippen molar-refractivity contribution in [2.24, 2.45) is 5.73 Å². The number of Topliss-reactive ketones (excluding diaryl/α,β-unsaturated/α-hetero) is 1. The predicted octanol–water partition coefficient (Wildman–Crippen LogP) is 7.90. The van der Waals surface area contributed by atoms with Crippen molar-refractivity contribution in [3.8, 4) is 23.0 Å². The highest BCUT2D eigenvalue weighted by molar-refractivity contribution is 6.08. The molecule has 1 saturated heterocycles. The van der Waals surface area contributed by atoms with Gasteiger partial charge in [0.05, 0.1) is 50.8 Å². The lowest BCUT2D eigenvalue weighted by atomic mass is 9.85. The average molecular weight is 774 g/mol. The fourth-order valence-corrected chi connectivity index (χ4v) is 6.97. The van der Waals surface area contributed by atoms with Crippen LogP contribution in [0.15, 0.2) is 85.1 Å². The molecule has 1 aliphatic heterocycles. The summed E-state index contributed by atoms with van der Waals surface area (Å²) < 4.78 is 23.1. The van der Waals surface area contributed by atoms with Crippen LogP contribution in [0.3, 0.4) is 0 Å². The maximum atomic E-state index is 13.5. The molecule has 298 valence electrons. The molecule has 1 aromatic heterocycles. The quantitative estimate of drug-likeness (QED) is 0.0901. The molecule has 0 spiro atoms. The van der Waals surface area contributed by atoms with Crippen molar-refractivity contribution < 1.29 is 33.3 Å². The number of benzene rings is 4. The van der Waals surface area contributed by atoms with Crippen molar-refractivity contribution >= 4 is 39.9 Å². The van der Waals surface area contributed by atoms with Crippen molar-refractivity contribution in [1.29, 1.82) is 0 Å². The molecular formula is C45H51N5O7. The fourth-order valence-electron chi connectivity index (χ4n) is 6.97. The van der Waals surface area contributed by atoms with Gasteiger partial charge >= 0.3 is 6.03 Å². The smallest absolute Gasteiger partial charge is 0.323 e. The number of ketones is 1. The summed E-state index contributed by atoms with van der Waals surface area (Å²) in [6, 6.07) is 23.9. The lowest BCUT2D eigenvalue weighted by Gasteiger charge is -2.26. The van der Waals surface area contributed by atoms with Crippen molar-refractivity contribution in [2.75, 3.05) is 57.7 Å². The number of nitrogens with one attached hydrogen (secondary N) is 2. The molecule has 0 saturated carbocycles. The lowest BCUT2D eigenvalue weighted by Crippen LogP contribution is -2.36. The first-order valence-electron chi connectivity index (χ1n) is 19.1. The Balaban J connectivity index is 1.14. The average Bonchev–Trinajstić information content (AvgIpc) is 3.18. The molecule has 1 aliphatic rings. The molecule has 57 heavy (non-hydrogen) atoms. The van der Waals surface area contributed by atoms with E-state index < -0.39 is 11.9 Å². The summed E-state index contributed by atoms with van der Waals surface area (Å²) in [5, 5.41) is 7.46. The van der Waals surface area contributed by atoms with Crippen LogP contribution in [0.1, 0.15) is 66.4 Å². The number of fused-ring (bicyclic) bond motifs is 1. The molecule has 0 aliphatic carbocycles. The van der Waals surface area contributed by atoms with E-state index in [0.717, 1.165) is 66.9 Å². The summed E-state index contributed by atoms with van der Waals surface area (Å²) in [6.07, 6.45) is 3.41. The summed E-state index contributed by atoms with van der Waals surface area (Å²) in [5.41, 5.74) is 10.1. The number of hydrogen-bond acceptors (Lipinski definition) is 9. The first kappa shape index (κ1) is 40.7. The normalized spacial score (nSPS) is 13.2. The van der Waals surface area contributed by atoms with Crippen LogP contribution in [0.25, 0.3) is 10.8 Å². The first-order valence-corrected chi connectivity index (χ1v) is 19.1. The van der Waals surface area contributed by atoms with Crippen molar-refractivity contribution in [3.05, 3.63) is 113 Å². The Hall–Kier alpha value is -5.98. The van der Waals surface area contributed by atoms with Crippen molar-refractivity contribution in [3.63, 3.8) is 0 Å². The van der Waals surface area contributed by atoms with Gasteiger partial charge in [-0.1, -0.05) is 57.2 Å². The number of amides is 3. The first-order chi connectivity index (χ1) is 27.4. The van der Waals surface area contributed by atoms with Gasteiger partial charge in [0.1, 0.15) is 23.0 Å². The number of primary amides is 1. The van der Waals surface area contributed by atoms with E-state index >= 15 is 0 Å². The molecule has 1 fully saturated rings. The van der Waals surface area contributed by atoms with E-state index in [9.17, 15) is 14.4 Å². The number of carbonyl (C=O) groups excluding carboxylic acids is 3. The zero-order valence-corrected chi connectivity index (χ0v) is 33.3. The van der Waals surface area contributed by atoms with E-state index in [1.807, 2.05) is 87.5 Å². The van der Waals surface area contributed by atoms with Crippen molar-refractivity contribution in [2.45, 2.75) is 51.9 Å². The van der Waals surface area contributed by atoms with Gasteiger partial charge < -0.3 is 35.3 Å². The van der Waals surface area contributed by atoms with Crippen LogP contribution in [0, 0.1) is 0 Å². The molecule has 3 amide bonds. The molecule has 5 aromatic rings. The van der Waals surface area contributed by atoms with Gasteiger partial charge in [-0.3, -0.25) is 19.5 Å². The van der Waals surface area contributed by atoms with E-state index in [-0.39, 0.29) is 17.6 Å². The van der Waals surface area contributed by atoms with Crippen molar-refractivity contribution in [1.82, 2.24) is 9.88 Å². The summed E-state index contributed by atoms with van der Waals surface area (Å²) in [4.78, 5) is 45.4. The molecule has 0 bridgehead atoms. The SMILES string of the molecule is COc1cc(Cc2cc(Oc3ccc(NC(=O)Nc4cc(C(C)(C)C)cc(CC(N)=O)c4OC)c4ccccc34)ccn2)ccc1C(=O)CCCN1CCOCC1. The summed E-state index contributed by atoms with van der Waals surface area (Å²) in [7, 11) is 3.08. The number of morpholine rings is 1. The van der Waals surface area contributed by atoms with E-state index in [4.69, 9.17) is 24.7 Å². The second-order valence-electron chi connectivity index (χ2n) is 15.1. The Morgan fingerprint density at radius 2 is 1.61 bits per heavy atom. The van der Waals surface area contributed by atoms with Crippen LogP contribution < -0.4 is 30.6 Å². The molecule has 0 radical (unpaired) electrons. The third-order valence-electron chi connectivity index (χ3n) is 9.93. The largest absolute Gasteiger partial charge is 0.496 e. The minimum Gasteiger partial charge on any atom is -0.496 e. The molecule has 4 N–H and O–H groups in total. The highest BCUT2D eigenvalue weighted by atomic mass is 16.5. The molecule has 0 unspecified atom stereocenters. The topological polar surface area (TPSA) is 154 Å². The number of nitrogens with two attached hydrogens (primary N) is 1. The Morgan fingerprint density at radius 1 is 0.860 bits per heavy atom. The van der Waals surface area contributed by atoms with Crippen LogP contribution >= 0.6 is 0 Å². The Labute approximate surface area is 333 Å². The number of pyridine rings is 1. The third-order valence-corrected chi connectivity index (χ3v) is 9.93. The summed E-state index contributed by atoms with van der Waals surface area (Å²) >= 11 is 0. The molecular weight excluding hydrogens is 723 g/mol. The van der Waals surface area contributed by atoms with Crippen LogP contribution in [0.2, 0.25) is 0 Å². The minimum absolute atomic E-state index is 0.0326. The Bertz CT molecular complexity index is 2240. The Morgan fingerprint density at radius 3 is 2.33 bits per heavy atom. The van der Waals surface area contributed by atoms with E-state index in [2.05, 4.69) is 20.5 Å². The number of nitrogens with zero attached hydrogens (tertiary/aromatic N) is 2. The van der Waals surface area contributed by atoms with E-state index in [1.165, 1.54) is 7.11 Å². The number of urea groups is 1. The molecule has 0 atom stereocenters. The number of anilines is 2. The maximum absolute atomic E-state index is 13.5. The molecule has 2 heterocycles. The van der Waals surface area contributed by atoms with Gasteiger partial charge in [0.2, 0.25) is 5.91 Å². The van der Waals surface area contributed by atoms with Gasteiger partial charge in [-0.25, -0.2) is 4.79 Å². The highest BCUT2D eigenvalue weighted by Crippen LogP contribution is 2.37. The van der Waals surface area contributed by atoms with Gasteiger partial charge in [-0.15, -0.1) is 0 Å². The number of methoxy groups -OCH3 is 2. The predicted molar refractivity (Wildman–Crippen MR) is 222 cm³/mol. The molecule has 6 rings (SSSR count). The number of aromatic nitrogens is 1. The van der Waals surface area contributed by atoms with Crippen LogP contribution in [-0.2, 0) is 27.8 Å². The number of hydrogen-bond donors (Lipinski definition) is 3. The number of rotatable bonds is 15. The second-order valence-corrected chi connectivity index (χ2v) is 15.1. The minimum atomic E-state index is -0.502. The summed E-state index contributed by atoms with van der Waals surface area (Å²) in [6.45, 7) is 10.3. The fraction of sp³-hybridized carbons (Fsp3) is 0.333. The summed E-state index contributed by atoms with van der Waals surface area (Å²) in [5.74, 6) is 1.69. The lowest BCUT2D eigenvalue weighted by molar-refractivity contribution is -0.117. The van der Waals surface area contributed by atoms with E-state index in [1.54, 1.807) is 25.4 Å². The second kappa shape index (κ2) is 18.3. The third kappa shape index (κ3) is 10.5. The van der Waals surface area contributed by atoms with Crippen LogP contribution in [0.4, 0.5) is 16.2 Å². The maximum Gasteiger partial charge on any atom is 0.323 e. The van der Waals surface area contributed by atoms with Gasteiger partial charge in [0.15, 0.2) is 5.78 Å². The standard InChI is InChI=1S/C45H51N5O7/c1-45(2,3)31-25-30(26-42(46)52)43(55-5)38(27-31)49-44(53)48-37-14-15-40(35-10-7-6-9-34(35)37)57-33-16-17-47-32(28-33)23-29-12-13-36(41(24-29)54-4)39(51)11-8-18-50-19-21-56-22-20-50/h6-7,9-10,12-17,24-25,27-28H,8,11,18-23,26H2,1-5H3,(H2,46,52)(H2,48,49,53). The molecule has 12 nitrogen and oxygen atoms in total. The number of carbonyl (C=O) groups is 3. The molecule has 4 aromatic carbocycles. The van der Waals surface area contributed by atoms with Gasteiger partial charge in [-0.2, -0.15) is 0 Å². The molecule has 12 heteroatoms.